The number of carbonyl (C=O) groups is 1. The summed E-state index contributed by atoms with van der Waals surface area (Å²) >= 11 is 0. The molecule has 0 radical (unpaired) electrons. The number of rotatable bonds is 4. The van der Waals surface area contributed by atoms with Gasteiger partial charge in [-0.25, -0.2) is 14.1 Å². The third kappa shape index (κ3) is 3.18. The number of ether oxygens (including phenoxy) is 1. The highest BCUT2D eigenvalue weighted by atomic mass is 19.1. The number of nitrogen functional groups attached to an aromatic ring is 1. The molecule has 19 heavy (non-hydrogen) atoms. The first-order chi connectivity index (χ1) is 9.08. The van der Waals surface area contributed by atoms with Gasteiger partial charge in [0.15, 0.2) is 11.6 Å². The van der Waals surface area contributed by atoms with E-state index in [-0.39, 0.29) is 24.1 Å². The van der Waals surface area contributed by atoms with Gasteiger partial charge >= 0.3 is 0 Å². The number of nitrogens with two attached hydrogens (primary N) is 1. The molecule has 7 nitrogen and oxygen atoms in total. The average Bonchev–Trinajstić information content (AvgIpc) is 2.74. The maximum Gasteiger partial charge on any atom is 0.246 e. The van der Waals surface area contributed by atoms with E-state index in [1.54, 1.807) is 0 Å². The largest absolute Gasteiger partial charge is 0.494 e. The summed E-state index contributed by atoms with van der Waals surface area (Å²) in [6.45, 7) is -0.0577. The summed E-state index contributed by atoms with van der Waals surface area (Å²) in [4.78, 5) is 15.3. The van der Waals surface area contributed by atoms with Crippen LogP contribution in [0.2, 0.25) is 0 Å². The number of anilines is 2. The second kappa shape index (κ2) is 5.34. The van der Waals surface area contributed by atoms with Gasteiger partial charge in [0.05, 0.1) is 7.11 Å². The van der Waals surface area contributed by atoms with Crippen molar-refractivity contribution in [2.45, 2.75) is 6.54 Å². The molecule has 100 valence electrons. The molecular weight excluding hydrogens is 253 g/mol. The van der Waals surface area contributed by atoms with Crippen molar-refractivity contribution in [3.05, 3.63) is 30.3 Å². The fourth-order valence-electron chi connectivity index (χ4n) is 1.48. The minimum Gasteiger partial charge on any atom is -0.494 e. The van der Waals surface area contributed by atoms with Crippen molar-refractivity contribution < 1.29 is 13.9 Å². The lowest BCUT2D eigenvalue weighted by Crippen LogP contribution is -2.19. The minimum absolute atomic E-state index is 0.0577. The van der Waals surface area contributed by atoms with Gasteiger partial charge < -0.3 is 15.8 Å². The van der Waals surface area contributed by atoms with Crippen molar-refractivity contribution >= 4 is 17.5 Å². The summed E-state index contributed by atoms with van der Waals surface area (Å²) < 4.78 is 19.5. The molecule has 2 aromatic rings. The standard InChI is InChI=1S/C11H12FN5O2/c1-19-9-3-2-7(4-8(9)12)15-10(18)5-17-6-14-11(13)16-17/h2-4,6H,5H2,1H3,(H2,13,16)(H,15,18). The SMILES string of the molecule is COc1ccc(NC(=O)Cn2cnc(N)n2)cc1F. The Kier molecular flexibility index (Phi) is 3.60. The fourth-order valence-corrected chi connectivity index (χ4v) is 1.48. The van der Waals surface area contributed by atoms with Gasteiger partial charge in [-0.15, -0.1) is 5.10 Å². The molecule has 1 amide bonds. The first-order valence-electron chi connectivity index (χ1n) is 5.37. The zero-order valence-corrected chi connectivity index (χ0v) is 10.1. The molecule has 0 saturated carbocycles. The quantitative estimate of drug-likeness (QED) is 0.846. The summed E-state index contributed by atoms with van der Waals surface area (Å²) in [7, 11) is 1.37. The third-order valence-electron chi connectivity index (χ3n) is 2.30. The highest BCUT2D eigenvalue weighted by molar-refractivity contribution is 5.90. The lowest BCUT2D eigenvalue weighted by atomic mass is 10.3. The molecule has 1 aromatic carbocycles. The van der Waals surface area contributed by atoms with Crippen molar-refractivity contribution in [2.75, 3.05) is 18.2 Å². The molecule has 0 aliphatic heterocycles. The number of aromatic nitrogens is 3. The Balaban J connectivity index is 2.00. The van der Waals surface area contributed by atoms with Crippen LogP contribution in [0.1, 0.15) is 0 Å². The Bertz CT molecular complexity index is 599. The molecule has 8 heteroatoms. The first kappa shape index (κ1) is 12.8. The number of benzene rings is 1. The van der Waals surface area contributed by atoms with Crippen molar-refractivity contribution in [3.63, 3.8) is 0 Å². The van der Waals surface area contributed by atoms with Crippen LogP contribution in [0.5, 0.6) is 5.75 Å². The van der Waals surface area contributed by atoms with Gasteiger partial charge in [0.1, 0.15) is 12.9 Å². The highest BCUT2D eigenvalue weighted by Crippen LogP contribution is 2.20. The van der Waals surface area contributed by atoms with Gasteiger partial charge in [0.2, 0.25) is 11.9 Å². The zero-order chi connectivity index (χ0) is 13.8. The molecule has 0 fully saturated rings. The molecule has 1 heterocycles. The summed E-state index contributed by atoms with van der Waals surface area (Å²) in [6.07, 6.45) is 1.34. The number of halogens is 1. The maximum atomic E-state index is 13.4. The van der Waals surface area contributed by atoms with Crippen LogP contribution < -0.4 is 15.8 Å². The predicted octanol–water partition coefficient (Wildman–Crippen LogP) is 0.647. The molecule has 0 aliphatic rings. The van der Waals surface area contributed by atoms with Crippen LogP contribution in [0.3, 0.4) is 0 Å². The molecule has 3 N–H and O–H groups in total. The van der Waals surface area contributed by atoms with Gasteiger partial charge in [-0.1, -0.05) is 0 Å². The summed E-state index contributed by atoms with van der Waals surface area (Å²) in [5, 5.41) is 6.29. The van der Waals surface area contributed by atoms with Crippen molar-refractivity contribution in [3.8, 4) is 5.75 Å². The number of amides is 1. The molecule has 0 spiro atoms. The molecule has 0 unspecified atom stereocenters. The van der Waals surface area contributed by atoms with Crippen LogP contribution in [0.15, 0.2) is 24.5 Å². The lowest BCUT2D eigenvalue weighted by molar-refractivity contribution is -0.116. The molecule has 2 rings (SSSR count). The van der Waals surface area contributed by atoms with Gasteiger partial charge in [-0.3, -0.25) is 4.79 Å². The molecule has 1 aromatic heterocycles. The van der Waals surface area contributed by atoms with E-state index in [0.717, 1.165) is 0 Å². The van der Waals surface area contributed by atoms with Gasteiger partial charge in [-0.05, 0) is 12.1 Å². The number of carbonyl (C=O) groups excluding carboxylic acids is 1. The van der Waals surface area contributed by atoms with Gasteiger partial charge in [-0.2, -0.15) is 0 Å². The summed E-state index contributed by atoms with van der Waals surface area (Å²) in [6, 6.07) is 4.14. The number of hydrogen-bond acceptors (Lipinski definition) is 5. The Morgan fingerprint density at radius 1 is 1.58 bits per heavy atom. The predicted molar refractivity (Wildman–Crippen MR) is 66.0 cm³/mol. The van der Waals surface area contributed by atoms with Crippen molar-refractivity contribution in [1.29, 1.82) is 0 Å². The van der Waals surface area contributed by atoms with Crippen LogP contribution in [0.4, 0.5) is 16.0 Å². The van der Waals surface area contributed by atoms with Crippen LogP contribution in [0.25, 0.3) is 0 Å². The number of nitrogens with zero attached hydrogens (tertiary/aromatic N) is 3. The maximum absolute atomic E-state index is 13.4. The normalized spacial score (nSPS) is 10.2. The molecule has 0 atom stereocenters. The smallest absolute Gasteiger partial charge is 0.246 e. The monoisotopic (exact) mass is 265 g/mol. The summed E-state index contributed by atoms with van der Waals surface area (Å²) in [5.74, 6) is -0.717. The van der Waals surface area contributed by atoms with E-state index >= 15 is 0 Å². The van der Waals surface area contributed by atoms with Gasteiger partial charge in [0.25, 0.3) is 0 Å². The van der Waals surface area contributed by atoms with Crippen LogP contribution >= 0.6 is 0 Å². The van der Waals surface area contributed by atoms with E-state index in [1.807, 2.05) is 0 Å². The van der Waals surface area contributed by atoms with E-state index in [9.17, 15) is 9.18 Å². The van der Waals surface area contributed by atoms with Crippen molar-refractivity contribution in [1.82, 2.24) is 14.8 Å². The number of methoxy groups -OCH3 is 1. The highest BCUT2D eigenvalue weighted by Gasteiger charge is 2.08. The number of hydrogen-bond donors (Lipinski definition) is 2. The Labute approximate surface area is 108 Å². The second-order valence-electron chi connectivity index (χ2n) is 3.70. The van der Waals surface area contributed by atoms with Crippen LogP contribution in [0, 0.1) is 5.82 Å². The third-order valence-corrected chi connectivity index (χ3v) is 2.30. The summed E-state index contributed by atoms with van der Waals surface area (Å²) in [5.41, 5.74) is 5.65. The molecule has 0 aliphatic carbocycles. The van der Waals surface area contributed by atoms with Crippen LogP contribution in [-0.4, -0.2) is 27.8 Å². The first-order valence-corrected chi connectivity index (χ1v) is 5.37. The van der Waals surface area contributed by atoms with E-state index in [4.69, 9.17) is 10.5 Å². The average molecular weight is 265 g/mol. The van der Waals surface area contributed by atoms with E-state index in [0.29, 0.717) is 5.69 Å². The van der Waals surface area contributed by atoms with E-state index in [1.165, 1.54) is 36.3 Å². The Morgan fingerprint density at radius 3 is 2.95 bits per heavy atom. The molecule has 0 bridgehead atoms. The van der Waals surface area contributed by atoms with Crippen LogP contribution in [-0.2, 0) is 11.3 Å². The fraction of sp³-hybridized carbons (Fsp3) is 0.182. The molecular formula is C11H12FN5O2. The van der Waals surface area contributed by atoms with Crippen molar-refractivity contribution in [2.24, 2.45) is 0 Å². The number of nitrogens with one attached hydrogen (secondary N) is 1. The van der Waals surface area contributed by atoms with E-state index < -0.39 is 5.82 Å². The lowest BCUT2D eigenvalue weighted by Gasteiger charge is -2.07. The van der Waals surface area contributed by atoms with E-state index in [2.05, 4.69) is 15.4 Å². The van der Waals surface area contributed by atoms with Gasteiger partial charge in [0, 0.05) is 11.8 Å². The minimum atomic E-state index is -0.551. The zero-order valence-electron chi connectivity index (χ0n) is 10.1. The molecule has 0 saturated heterocycles. The second-order valence-corrected chi connectivity index (χ2v) is 3.70. The Hall–Kier alpha value is -2.64. The topological polar surface area (TPSA) is 95.1 Å². The Morgan fingerprint density at radius 2 is 2.37 bits per heavy atom.